The van der Waals surface area contributed by atoms with Crippen molar-refractivity contribution in [2.24, 2.45) is 5.92 Å². The lowest BCUT2D eigenvalue weighted by Gasteiger charge is -2.24. The fraction of sp³-hybridized carbons (Fsp3) is 0.357. The number of thiophene rings is 1. The molecular weight excluding hydrogens is 304 g/mol. The number of carboxylic acids is 1. The summed E-state index contributed by atoms with van der Waals surface area (Å²) in [4.78, 5) is 30.8. The van der Waals surface area contributed by atoms with E-state index in [2.05, 4.69) is 15.3 Å². The predicted molar refractivity (Wildman–Crippen MR) is 84.6 cm³/mol. The molecule has 1 unspecified atom stereocenters. The van der Waals surface area contributed by atoms with Crippen molar-refractivity contribution in [1.29, 1.82) is 0 Å². The topological polar surface area (TPSA) is 121 Å². The number of nitrogens with one attached hydrogen (secondary N) is 2. The van der Waals surface area contributed by atoms with Crippen molar-refractivity contribution >= 4 is 29.1 Å². The number of aromatic nitrogens is 2. The van der Waals surface area contributed by atoms with Gasteiger partial charge < -0.3 is 16.2 Å². The highest BCUT2D eigenvalue weighted by atomic mass is 32.1. The molecule has 2 aromatic heterocycles. The highest BCUT2D eigenvalue weighted by Crippen LogP contribution is 2.25. The number of fused-ring (bicyclic) bond motifs is 1. The zero-order valence-electron chi connectivity index (χ0n) is 11.8. The number of hydrogen-bond acceptors (Lipinski definition) is 6. The molecule has 0 amide bonds. The van der Waals surface area contributed by atoms with Crippen molar-refractivity contribution in [2.75, 3.05) is 17.6 Å². The van der Waals surface area contributed by atoms with E-state index in [1.165, 1.54) is 11.3 Å². The lowest BCUT2D eigenvalue weighted by atomic mass is 9.92. The number of aromatic amines is 1. The molecule has 0 radical (unpaired) electrons. The normalized spacial score (nSPS) is 16.8. The summed E-state index contributed by atoms with van der Waals surface area (Å²) in [6.07, 6.45) is 2.35. The van der Waals surface area contributed by atoms with Crippen LogP contribution in [0.15, 0.2) is 16.9 Å². The van der Waals surface area contributed by atoms with E-state index in [4.69, 9.17) is 10.8 Å². The van der Waals surface area contributed by atoms with E-state index < -0.39 is 5.97 Å². The predicted octanol–water partition coefficient (Wildman–Crippen LogP) is 1.33. The lowest BCUT2D eigenvalue weighted by molar-refractivity contribution is 0.0702. The molecule has 2 aromatic rings. The molecule has 0 bridgehead atoms. The van der Waals surface area contributed by atoms with Gasteiger partial charge in [0.2, 0.25) is 5.95 Å². The molecule has 116 valence electrons. The molecule has 8 heteroatoms. The van der Waals surface area contributed by atoms with Crippen LogP contribution < -0.4 is 16.6 Å². The van der Waals surface area contributed by atoms with Gasteiger partial charge in [0.25, 0.3) is 5.56 Å². The van der Waals surface area contributed by atoms with Crippen molar-refractivity contribution in [3.63, 3.8) is 0 Å². The van der Waals surface area contributed by atoms with Crippen molar-refractivity contribution in [1.82, 2.24) is 9.97 Å². The Hall–Kier alpha value is -2.35. The fourth-order valence-electron chi connectivity index (χ4n) is 2.63. The number of anilines is 2. The van der Waals surface area contributed by atoms with E-state index in [-0.39, 0.29) is 11.5 Å². The third kappa shape index (κ3) is 2.96. The third-order valence-electron chi connectivity index (χ3n) is 3.76. The molecule has 1 atom stereocenters. The monoisotopic (exact) mass is 320 g/mol. The number of rotatable bonds is 4. The number of nitrogens with two attached hydrogens (primary N) is 1. The van der Waals surface area contributed by atoms with Crippen LogP contribution in [-0.4, -0.2) is 27.6 Å². The number of hydrogen-bond donors (Lipinski definition) is 4. The summed E-state index contributed by atoms with van der Waals surface area (Å²) in [5, 5.41) is 12.1. The van der Waals surface area contributed by atoms with E-state index in [1.54, 1.807) is 6.07 Å². The minimum absolute atomic E-state index is 0.120. The van der Waals surface area contributed by atoms with Gasteiger partial charge in [0, 0.05) is 11.4 Å². The van der Waals surface area contributed by atoms with Crippen LogP contribution in [-0.2, 0) is 12.8 Å². The molecule has 1 aliphatic heterocycles. The highest BCUT2D eigenvalue weighted by Gasteiger charge is 2.22. The summed E-state index contributed by atoms with van der Waals surface area (Å²) < 4.78 is 0. The number of carbonyl (C=O) groups is 1. The Balaban J connectivity index is 1.65. The number of nitrogens with zero attached hydrogens (tertiary/aromatic N) is 1. The first-order valence-corrected chi connectivity index (χ1v) is 7.79. The highest BCUT2D eigenvalue weighted by molar-refractivity contribution is 7.13. The summed E-state index contributed by atoms with van der Waals surface area (Å²) in [6.45, 7) is 0.736. The number of H-pyrrole nitrogens is 1. The molecule has 0 spiro atoms. The second-order valence-electron chi connectivity index (χ2n) is 5.34. The largest absolute Gasteiger partial charge is 0.477 e. The van der Waals surface area contributed by atoms with Gasteiger partial charge in [-0.25, -0.2) is 4.79 Å². The molecule has 0 saturated carbocycles. The van der Waals surface area contributed by atoms with Gasteiger partial charge >= 0.3 is 5.97 Å². The van der Waals surface area contributed by atoms with E-state index in [0.29, 0.717) is 28.6 Å². The van der Waals surface area contributed by atoms with E-state index >= 15 is 0 Å². The molecule has 3 rings (SSSR count). The Morgan fingerprint density at radius 1 is 1.50 bits per heavy atom. The number of aromatic carboxylic acids is 1. The van der Waals surface area contributed by atoms with Crippen LogP contribution in [0.25, 0.3) is 0 Å². The van der Waals surface area contributed by atoms with Gasteiger partial charge in [0.15, 0.2) is 0 Å². The molecular formula is C14H16N4O3S. The van der Waals surface area contributed by atoms with Crippen LogP contribution in [0.5, 0.6) is 0 Å². The molecule has 7 nitrogen and oxygen atoms in total. The summed E-state index contributed by atoms with van der Waals surface area (Å²) in [6, 6.07) is 3.49. The van der Waals surface area contributed by atoms with Gasteiger partial charge in [0.1, 0.15) is 10.7 Å². The van der Waals surface area contributed by atoms with E-state index in [1.807, 2.05) is 6.07 Å². The first-order chi connectivity index (χ1) is 10.5. The standard InChI is InChI=1S/C14H16N4O3S/c15-14-17-11-9(12(19)18-14)5-7(6-16-11)1-2-8-3-4-10(22-8)13(20)21/h3-4,7H,1-2,5-6H2,(H,20,21)(H4,15,16,17,18,19). The van der Waals surface area contributed by atoms with Crippen LogP contribution in [0.4, 0.5) is 11.8 Å². The number of nitrogen functional groups attached to an aromatic ring is 1. The second kappa shape index (κ2) is 5.80. The smallest absolute Gasteiger partial charge is 0.345 e. The zero-order valence-corrected chi connectivity index (χ0v) is 12.6. The van der Waals surface area contributed by atoms with Gasteiger partial charge in [-0.15, -0.1) is 11.3 Å². The average Bonchev–Trinajstić information content (AvgIpc) is 2.94. The fourth-order valence-corrected chi connectivity index (χ4v) is 3.49. The van der Waals surface area contributed by atoms with Crippen LogP contribution >= 0.6 is 11.3 Å². The maximum atomic E-state index is 11.9. The molecule has 22 heavy (non-hydrogen) atoms. The molecule has 0 aliphatic carbocycles. The first kappa shape index (κ1) is 14.6. The SMILES string of the molecule is Nc1nc2c(c(=O)[nH]1)CC(CCc1ccc(C(=O)O)s1)CN2. The van der Waals surface area contributed by atoms with Gasteiger partial charge in [0.05, 0.1) is 5.56 Å². The Bertz CT molecular complexity index is 768. The Labute approximate surface area is 130 Å². The van der Waals surface area contributed by atoms with Gasteiger partial charge in [-0.2, -0.15) is 4.98 Å². The van der Waals surface area contributed by atoms with E-state index in [9.17, 15) is 9.59 Å². The molecule has 0 saturated heterocycles. The van der Waals surface area contributed by atoms with Crippen LogP contribution in [0.2, 0.25) is 0 Å². The molecule has 1 aliphatic rings. The summed E-state index contributed by atoms with van der Waals surface area (Å²) in [7, 11) is 0. The van der Waals surface area contributed by atoms with Crippen molar-refractivity contribution in [3.05, 3.63) is 37.8 Å². The number of carboxylic acid groups (broad SMARTS) is 1. The zero-order chi connectivity index (χ0) is 15.7. The molecule has 3 heterocycles. The second-order valence-corrected chi connectivity index (χ2v) is 6.51. The van der Waals surface area contributed by atoms with Crippen molar-refractivity contribution < 1.29 is 9.90 Å². The number of aryl methyl sites for hydroxylation is 1. The minimum Gasteiger partial charge on any atom is -0.477 e. The summed E-state index contributed by atoms with van der Waals surface area (Å²) in [5.74, 6) is 0.116. The van der Waals surface area contributed by atoms with Crippen LogP contribution in [0, 0.1) is 5.92 Å². The minimum atomic E-state index is -0.889. The van der Waals surface area contributed by atoms with Crippen LogP contribution in [0.3, 0.4) is 0 Å². The molecule has 5 N–H and O–H groups in total. The van der Waals surface area contributed by atoms with Gasteiger partial charge in [-0.05, 0) is 37.3 Å². The lowest BCUT2D eigenvalue weighted by Crippen LogP contribution is -2.30. The average molecular weight is 320 g/mol. The maximum absolute atomic E-state index is 11.9. The Morgan fingerprint density at radius 2 is 2.32 bits per heavy atom. The van der Waals surface area contributed by atoms with Crippen LogP contribution in [0.1, 0.15) is 26.5 Å². The summed E-state index contributed by atoms with van der Waals surface area (Å²) in [5.41, 5.74) is 5.98. The van der Waals surface area contributed by atoms with Crippen molar-refractivity contribution in [3.8, 4) is 0 Å². The van der Waals surface area contributed by atoms with E-state index in [0.717, 1.165) is 24.3 Å². The quantitative estimate of drug-likeness (QED) is 0.674. The van der Waals surface area contributed by atoms with Gasteiger partial charge in [-0.3, -0.25) is 9.78 Å². The van der Waals surface area contributed by atoms with Crippen molar-refractivity contribution in [2.45, 2.75) is 19.3 Å². The molecule has 0 fully saturated rings. The third-order valence-corrected chi connectivity index (χ3v) is 4.89. The molecule has 0 aromatic carbocycles. The van der Waals surface area contributed by atoms with Gasteiger partial charge in [-0.1, -0.05) is 0 Å². The maximum Gasteiger partial charge on any atom is 0.345 e. The first-order valence-electron chi connectivity index (χ1n) is 6.97. The Kier molecular flexibility index (Phi) is 3.84. The Morgan fingerprint density at radius 3 is 3.05 bits per heavy atom. The summed E-state index contributed by atoms with van der Waals surface area (Å²) >= 11 is 1.30.